The Hall–Kier alpha value is -1.78. The van der Waals surface area contributed by atoms with E-state index in [1.165, 1.54) is 6.07 Å². The van der Waals surface area contributed by atoms with Crippen LogP contribution >= 0.6 is 0 Å². The Morgan fingerprint density at radius 2 is 2.13 bits per heavy atom. The number of carboxylic acid groups (broad SMARTS) is 1. The van der Waals surface area contributed by atoms with Crippen LogP contribution in [0.2, 0.25) is 0 Å². The highest BCUT2D eigenvalue weighted by Gasteiger charge is 2.18. The van der Waals surface area contributed by atoms with Gasteiger partial charge in [-0.2, -0.15) is 0 Å². The van der Waals surface area contributed by atoms with Crippen LogP contribution in [0.4, 0.5) is 0 Å². The van der Waals surface area contributed by atoms with Gasteiger partial charge in [-0.15, -0.1) is 0 Å². The summed E-state index contributed by atoms with van der Waals surface area (Å²) in [5, 5.41) is 8.93. The van der Waals surface area contributed by atoms with Crippen molar-refractivity contribution in [3.63, 3.8) is 0 Å². The van der Waals surface area contributed by atoms with Crippen LogP contribution in [0.25, 0.3) is 0 Å². The Labute approximate surface area is 87.5 Å². The molecule has 0 bridgehead atoms. The SMILES string of the molecule is CC(C)c1c(C(=O)O)ccn1CC(N)=O. The van der Waals surface area contributed by atoms with Gasteiger partial charge in [0.15, 0.2) is 0 Å². The maximum atomic E-state index is 10.9. The molecule has 0 aromatic carbocycles. The van der Waals surface area contributed by atoms with Crippen LogP contribution in [0.3, 0.4) is 0 Å². The number of aromatic carboxylic acids is 1. The third kappa shape index (κ3) is 2.37. The van der Waals surface area contributed by atoms with Crippen LogP contribution in [0, 0.1) is 0 Å². The Morgan fingerprint density at radius 3 is 2.53 bits per heavy atom. The van der Waals surface area contributed by atoms with E-state index in [1.54, 1.807) is 10.8 Å². The van der Waals surface area contributed by atoms with Crippen molar-refractivity contribution in [3.8, 4) is 0 Å². The van der Waals surface area contributed by atoms with E-state index in [-0.39, 0.29) is 18.0 Å². The maximum Gasteiger partial charge on any atom is 0.337 e. The molecular weight excluding hydrogens is 196 g/mol. The Balaban J connectivity index is 3.17. The van der Waals surface area contributed by atoms with E-state index in [9.17, 15) is 9.59 Å². The Morgan fingerprint density at radius 1 is 1.53 bits per heavy atom. The molecule has 0 aliphatic rings. The van der Waals surface area contributed by atoms with E-state index in [4.69, 9.17) is 10.8 Å². The third-order valence-electron chi connectivity index (χ3n) is 2.11. The molecule has 1 amide bonds. The zero-order valence-electron chi connectivity index (χ0n) is 8.73. The summed E-state index contributed by atoms with van der Waals surface area (Å²) in [5.41, 5.74) is 5.93. The number of rotatable bonds is 4. The molecule has 82 valence electrons. The third-order valence-corrected chi connectivity index (χ3v) is 2.11. The minimum absolute atomic E-state index is 0.0147. The maximum absolute atomic E-state index is 10.9. The quantitative estimate of drug-likeness (QED) is 0.770. The minimum Gasteiger partial charge on any atom is -0.478 e. The second-order valence-corrected chi connectivity index (χ2v) is 3.67. The van der Waals surface area contributed by atoms with Crippen LogP contribution in [0.5, 0.6) is 0 Å². The summed E-state index contributed by atoms with van der Waals surface area (Å²) in [5.74, 6) is -1.43. The lowest BCUT2D eigenvalue weighted by atomic mass is 10.1. The van der Waals surface area contributed by atoms with Gasteiger partial charge in [0.05, 0.1) is 5.56 Å². The van der Waals surface area contributed by atoms with E-state index >= 15 is 0 Å². The lowest BCUT2D eigenvalue weighted by Crippen LogP contribution is -2.20. The summed E-state index contributed by atoms with van der Waals surface area (Å²) in [6, 6.07) is 1.49. The fraction of sp³-hybridized carbons (Fsp3) is 0.400. The molecule has 15 heavy (non-hydrogen) atoms. The fourth-order valence-electron chi connectivity index (χ4n) is 1.61. The smallest absolute Gasteiger partial charge is 0.337 e. The molecule has 0 radical (unpaired) electrons. The normalized spacial score (nSPS) is 10.6. The predicted molar refractivity (Wildman–Crippen MR) is 54.7 cm³/mol. The lowest BCUT2D eigenvalue weighted by molar-refractivity contribution is -0.118. The molecule has 0 saturated heterocycles. The molecule has 5 heteroatoms. The van der Waals surface area contributed by atoms with Crippen LogP contribution in [-0.4, -0.2) is 21.6 Å². The number of hydrogen-bond acceptors (Lipinski definition) is 2. The first-order valence-electron chi connectivity index (χ1n) is 4.64. The monoisotopic (exact) mass is 210 g/mol. The van der Waals surface area contributed by atoms with Crippen molar-refractivity contribution >= 4 is 11.9 Å². The minimum atomic E-state index is -0.984. The number of hydrogen-bond donors (Lipinski definition) is 2. The van der Waals surface area contributed by atoms with Crippen molar-refractivity contribution in [2.75, 3.05) is 0 Å². The average molecular weight is 210 g/mol. The second kappa shape index (κ2) is 4.16. The summed E-state index contributed by atoms with van der Waals surface area (Å²) in [6.45, 7) is 3.76. The molecule has 0 saturated carbocycles. The highest BCUT2D eigenvalue weighted by Crippen LogP contribution is 2.20. The summed E-state index contributed by atoms with van der Waals surface area (Å²) >= 11 is 0. The summed E-state index contributed by atoms with van der Waals surface area (Å²) < 4.78 is 1.58. The van der Waals surface area contributed by atoms with Gasteiger partial charge in [-0.3, -0.25) is 4.79 Å². The average Bonchev–Trinajstić information content (AvgIpc) is 2.46. The lowest BCUT2D eigenvalue weighted by Gasteiger charge is -2.11. The number of carbonyl (C=O) groups is 2. The topological polar surface area (TPSA) is 85.3 Å². The number of nitrogens with two attached hydrogens (primary N) is 1. The first kappa shape index (κ1) is 11.3. The van der Waals surface area contributed by atoms with Gasteiger partial charge in [-0.1, -0.05) is 13.8 Å². The first-order valence-corrected chi connectivity index (χ1v) is 4.64. The van der Waals surface area contributed by atoms with Gasteiger partial charge in [0.1, 0.15) is 6.54 Å². The second-order valence-electron chi connectivity index (χ2n) is 3.67. The van der Waals surface area contributed by atoms with Gasteiger partial charge in [0.2, 0.25) is 5.91 Å². The number of amides is 1. The molecule has 0 unspecified atom stereocenters. The van der Waals surface area contributed by atoms with E-state index in [0.29, 0.717) is 5.69 Å². The number of aromatic nitrogens is 1. The Bertz CT molecular complexity index is 393. The van der Waals surface area contributed by atoms with Crippen LogP contribution in [0.15, 0.2) is 12.3 Å². The van der Waals surface area contributed by atoms with Crippen molar-refractivity contribution in [2.45, 2.75) is 26.3 Å². The predicted octanol–water partition coefficient (Wildman–Crippen LogP) is 0.795. The molecule has 3 N–H and O–H groups in total. The number of primary amides is 1. The van der Waals surface area contributed by atoms with Crippen LogP contribution < -0.4 is 5.73 Å². The largest absolute Gasteiger partial charge is 0.478 e. The molecule has 0 aliphatic carbocycles. The van der Waals surface area contributed by atoms with Crippen molar-refractivity contribution in [1.29, 1.82) is 0 Å². The molecule has 1 aromatic rings. The van der Waals surface area contributed by atoms with Crippen LogP contribution in [0.1, 0.15) is 35.8 Å². The van der Waals surface area contributed by atoms with Gasteiger partial charge in [0.25, 0.3) is 0 Å². The van der Waals surface area contributed by atoms with Crippen molar-refractivity contribution in [1.82, 2.24) is 4.57 Å². The zero-order chi connectivity index (χ0) is 11.6. The summed E-state index contributed by atoms with van der Waals surface area (Å²) in [7, 11) is 0. The molecule has 0 fully saturated rings. The van der Waals surface area contributed by atoms with Gasteiger partial charge in [0, 0.05) is 11.9 Å². The highest BCUT2D eigenvalue weighted by atomic mass is 16.4. The molecule has 0 atom stereocenters. The summed E-state index contributed by atoms with van der Waals surface area (Å²) in [4.78, 5) is 21.7. The van der Waals surface area contributed by atoms with Crippen molar-refractivity contribution in [2.24, 2.45) is 5.73 Å². The van der Waals surface area contributed by atoms with Gasteiger partial charge < -0.3 is 15.4 Å². The molecule has 5 nitrogen and oxygen atoms in total. The first-order chi connectivity index (χ1) is 6.93. The summed E-state index contributed by atoms with van der Waals surface area (Å²) in [6.07, 6.45) is 1.57. The van der Waals surface area contributed by atoms with Crippen LogP contribution in [-0.2, 0) is 11.3 Å². The van der Waals surface area contributed by atoms with E-state index in [2.05, 4.69) is 0 Å². The number of carbonyl (C=O) groups excluding carboxylic acids is 1. The van der Waals surface area contributed by atoms with Gasteiger partial charge >= 0.3 is 5.97 Å². The molecule has 1 heterocycles. The van der Waals surface area contributed by atoms with Gasteiger partial charge in [-0.25, -0.2) is 4.79 Å². The van der Waals surface area contributed by atoms with Crippen molar-refractivity contribution in [3.05, 3.63) is 23.5 Å². The standard InChI is InChI=1S/C10H14N2O3/c1-6(2)9-7(10(14)15)3-4-12(9)5-8(11)13/h3-4,6H,5H2,1-2H3,(H2,11,13)(H,14,15). The van der Waals surface area contributed by atoms with E-state index < -0.39 is 11.9 Å². The van der Waals surface area contributed by atoms with E-state index in [1.807, 2.05) is 13.8 Å². The molecule has 0 spiro atoms. The molecule has 0 aliphatic heterocycles. The number of carboxylic acids is 1. The molecular formula is C10H14N2O3. The zero-order valence-corrected chi connectivity index (χ0v) is 8.73. The van der Waals surface area contributed by atoms with E-state index in [0.717, 1.165) is 0 Å². The number of nitrogens with zero attached hydrogens (tertiary/aromatic N) is 1. The Kier molecular flexibility index (Phi) is 3.14. The fourth-order valence-corrected chi connectivity index (χ4v) is 1.61. The molecule has 1 aromatic heterocycles. The molecule has 1 rings (SSSR count). The highest BCUT2D eigenvalue weighted by molar-refractivity contribution is 5.89. The van der Waals surface area contributed by atoms with Crippen molar-refractivity contribution < 1.29 is 14.7 Å². The van der Waals surface area contributed by atoms with Gasteiger partial charge in [-0.05, 0) is 12.0 Å².